The minimum Gasteiger partial charge on any atom is -0.481 e. The molecule has 9 heavy (non-hydrogen) atoms. The van der Waals surface area contributed by atoms with Gasteiger partial charge < -0.3 is 5.11 Å². The highest BCUT2D eigenvalue weighted by atomic mass is 127. The van der Waals surface area contributed by atoms with Crippen molar-refractivity contribution in [2.24, 2.45) is 5.92 Å². The van der Waals surface area contributed by atoms with E-state index >= 15 is 0 Å². The van der Waals surface area contributed by atoms with E-state index in [9.17, 15) is 4.79 Å². The van der Waals surface area contributed by atoms with Crippen molar-refractivity contribution in [2.45, 2.75) is 19.8 Å². The number of carboxylic acid groups (broad SMARTS) is 1. The summed E-state index contributed by atoms with van der Waals surface area (Å²) in [6.07, 6.45) is 1.32. The minimum absolute atomic E-state index is 0.309. The molecule has 0 fully saturated rings. The summed E-state index contributed by atoms with van der Waals surface area (Å²) in [4.78, 5) is 10.1. The van der Waals surface area contributed by atoms with Crippen LogP contribution < -0.4 is 0 Å². The predicted octanol–water partition coefficient (Wildman–Crippen LogP) is 1.92. The number of aliphatic carboxylic acids is 1. The van der Waals surface area contributed by atoms with Gasteiger partial charge in [-0.2, -0.15) is 0 Å². The predicted molar refractivity (Wildman–Crippen MR) is 44.9 cm³/mol. The molecule has 0 heterocycles. The maximum atomic E-state index is 10.1. The van der Waals surface area contributed by atoms with Crippen molar-refractivity contribution < 1.29 is 9.90 Å². The van der Waals surface area contributed by atoms with Gasteiger partial charge in [0.2, 0.25) is 0 Å². The molecule has 0 aliphatic rings. The molecule has 54 valence electrons. The van der Waals surface area contributed by atoms with Gasteiger partial charge in [0.15, 0.2) is 0 Å². The van der Waals surface area contributed by atoms with Crippen molar-refractivity contribution in [1.82, 2.24) is 0 Å². The van der Waals surface area contributed by atoms with Gasteiger partial charge in [0.25, 0.3) is 0 Å². The molecule has 0 aliphatic carbocycles. The zero-order valence-corrected chi connectivity index (χ0v) is 7.59. The Kier molecular flexibility index (Phi) is 5.13. The van der Waals surface area contributed by atoms with E-state index < -0.39 is 5.97 Å². The highest BCUT2D eigenvalue weighted by molar-refractivity contribution is 14.1. The molecule has 0 spiro atoms. The maximum absolute atomic E-state index is 10.1. The van der Waals surface area contributed by atoms with Crippen molar-refractivity contribution in [3.8, 4) is 0 Å². The van der Waals surface area contributed by atoms with E-state index in [0.29, 0.717) is 12.3 Å². The molecule has 1 unspecified atom stereocenters. The number of hydrogen-bond donors (Lipinski definition) is 1. The molecule has 0 aliphatic heterocycles. The summed E-state index contributed by atoms with van der Waals surface area (Å²) in [6, 6.07) is 0. The van der Waals surface area contributed by atoms with Crippen molar-refractivity contribution in [3.05, 3.63) is 0 Å². The van der Waals surface area contributed by atoms with E-state index in [0.717, 1.165) is 10.8 Å². The Morgan fingerprint density at radius 3 is 2.67 bits per heavy atom. The van der Waals surface area contributed by atoms with E-state index in [1.165, 1.54) is 0 Å². The Balaban J connectivity index is 3.26. The molecule has 0 rings (SSSR count). The summed E-state index contributed by atoms with van der Waals surface area (Å²) < 4.78 is 1.05. The van der Waals surface area contributed by atoms with Crippen LogP contribution in [-0.2, 0) is 4.79 Å². The van der Waals surface area contributed by atoms with E-state index in [4.69, 9.17) is 5.11 Å². The van der Waals surface area contributed by atoms with Crippen LogP contribution in [0.4, 0.5) is 0 Å². The molecule has 1 N–H and O–H groups in total. The molecule has 3 heteroatoms. The SMILES string of the molecule is CC(CCI)CC(=O)O. The number of alkyl halides is 1. The summed E-state index contributed by atoms with van der Waals surface area (Å²) in [6.45, 7) is 1.97. The molecular weight excluding hydrogens is 231 g/mol. The lowest BCUT2D eigenvalue weighted by Crippen LogP contribution is -2.03. The third kappa shape index (κ3) is 6.08. The van der Waals surface area contributed by atoms with E-state index in [2.05, 4.69) is 22.6 Å². The third-order valence-corrected chi connectivity index (χ3v) is 1.75. The number of rotatable bonds is 4. The lowest BCUT2D eigenvalue weighted by Gasteiger charge is -2.03. The van der Waals surface area contributed by atoms with Crippen molar-refractivity contribution in [1.29, 1.82) is 0 Å². The van der Waals surface area contributed by atoms with Crippen LogP contribution in [-0.4, -0.2) is 15.5 Å². The molecule has 1 atom stereocenters. The Labute approximate surface area is 68.8 Å². The quantitative estimate of drug-likeness (QED) is 0.604. The summed E-state index contributed by atoms with van der Waals surface area (Å²) >= 11 is 2.26. The maximum Gasteiger partial charge on any atom is 0.303 e. The van der Waals surface area contributed by atoms with Gasteiger partial charge in [-0.1, -0.05) is 29.5 Å². The van der Waals surface area contributed by atoms with Crippen LogP contribution in [0.3, 0.4) is 0 Å². The Morgan fingerprint density at radius 2 is 2.33 bits per heavy atom. The third-order valence-electron chi connectivity index (χ3n) is 1.12. The van der Waals surface area contributed by atoms with Crippen molar-refractivity contribution >= 4 is 28.6 Å². The number of halogens is 1. The first-order valence-corrected chi connectivity index (χ1v) is 4.47. The second-order valence-electron chi connectivity index (χ2n) is 2.18. The molecule has 0 saturated carbocycles. The fraction of sp³-hybridized carbons (Fsp3) is 0.833. The first kappa shape index (κ1) is 9.20. The lowest BCUT2D eigenvalue weighted by molar-refractivity contribution is -0.137. The highest BCUT2D eigenvalue weighted by Crippen LogP contribution is 2.08. The second-order valence-corrected chi connectivity index (χ2v) is 3.26. The Hall–Kier alpha value is 0.200. The van der Waals surface area contributed by atoms with Gasteiger partial charge in [-0.25, -0.2) is 0 Å². The topological polar surface area (TPSA) is 37.3 Å². The van der Waals surface area contributed by atoms with Crippen LogP contribution in [0, 0.1) is 5.92 Å². The molecule has 0 aromatic rings. The Bertz CT molecular complexity index is 93.1. The fourth-order valence-electron chi connectivity index (χ4n) is 0.586. The molecule has 0 saturated heterocycles. The van der Waals surface area contributed by atoms with Gasteiger partial charge in [0, 0.05) is 6.42 Å². The largest absolute Gasteiger partial charge is 0.481 e. The normalized spacial score (nSPS) is 13.1. The van der Waals surface area contributed by atoms with E-state index in [-0.39, 0.29) is 0 Å². The van der Waals surface area contributed by atoms with Gasteiger partial charge in [-0.15, -0.1) is 0 Å². The molecule has 2 nitrogen and oxygen atoms in total. The number of carbonyl (C=O) groups is 1. The zero-order valence-electron chi connectivity index (χ0n) is 5.43. The van der Waals surface area contributed by atoms with Crippen molar-refractivity contribution in [3.63, 3.8) is 0 Å². The van der Waals surface area contributed by atoms with Gasteiger partial charge in [-0.3, -0.25) is 4.79 Å². The number of carboxylic acids is 1. The van der Waals surface area contributed by atoms with Crippen LogP contribution in [0.15, 0.2) is 0 Å². The molecule has 0 bridgehead atoms. The average molecular weight is 242 g/mol. The van der Waals surface area contributed by atoms with Gasteiger partial charge in [0.1, 0.15) is 0 Å². The molecule has 0 aromatic heterocycles. The summed E-state index contributed by atoms with van der Waals surface area (Å²) in [5.41, 5.74) is 0. The first-order valence-electron chi connectivity index (χ1n) is 2.94. The minimum atomic E-state index is -0.688. The summed E-state index contributed by atoms with van der Waals surface area (Å²) in [5, 5.41) is 8.31. The van der Waals surface area contributed by atoms with Crippen LogP contribution in [0.2, 0.25) is 0 Å². The van der Waals surface area contributed by atoms with Crippen molar-refractivity contribution in [2.75, 3.05) is 4.43 Å². The van der Waals surface area contributed by atoms with Crippen LogP contribution in [0.25, 0.3) is 0 Å². The lowest BCUT2D eigenvalue weighted by atomic mass is 10.1. The van der Waals surface area contributed by atoms with Crippen LogP contribution in [0.1, 0.15) is 19.8 Å². The molecule has 0 amide bonds. The van der Waals surface area contributed by atoms with E-state index in [1.807, 2.05) is 6.92 Å². The highest BCUT2D eigenvalue weighted by Gasteiger charge is 2.05. The van der Waals surface area contributed by atoms with E-state index in [1.54, 1.807) is 0 Å². The fourth-order valence-corrected chi connectivity index (χ4v) is 1.65. The monoisotopic (exact) mass is 242 g/mol. The standard InChI is InChI=1S/C6H11IO2/c1-5(2-3-7)4-6(8)9/h5H,2-4H2,1H3,(H,8,9). The molecule has 0 aromatic carbocycles. The Morgan fingerprint density at radius 1 is 1.78 bits per heavy atom. The van der Waals surface area contributed by atoms with Gasteiger partial charge in [-0.05, 0) is 16.8 Å². The first-order chi connectivity index (χ1) is 4.16. The van der Waals surface area contributed by atoms with Gasteiger partial charge in [0.05, 0.1) is 0 Å². The van der Waals surface area contributed by atoms with Gasteiger partial charge >= 0.3 is 5.97 Å². The number of hydrogen-bond acceptors (Lipinski definition) is 1. The average Bonchev–Trinajstić information content (AvgIpc) is 1.63. The second kappa shape index (κ2) is 5.02. The summed E-state index contributed by atoms with van der Waals surface area (Å²) in [7, 11) is 0. The summed E-state index contributed by atoms with van der Waals surface area (Å²) in [5.74, 6) is -0.355. The van der Waals surface area contributed by atoms with Crippen LogP contribution in [0.5, 0.6) is 0 Å². The smallest absolute Gasteiger partial charge is 0.303 e. The molecule has 0 radical (unpaired) electrons. The zero-order chi connectivity index (χ0) is 7.28. The van der Waals surface area contributed by atoms with Crippen LogP contribution >= 0.6 is 22.6 Å². The molecular formula is C6H11IO2.